The number of carbonyl (C=O) groups is 2. The highest BCUT2D eigenvalue weighted by molar-refractivity contribution is 5.83. The maximum atomic E-state index is 12.7. The second-order valence-corrected chi connectivity index (χ2v) is 5.49. The van der Waals surface area contributed by atoms with Gasteiger partial charge in [0.25, 0.3) is 0 Å². The van der Waals surface area contributed by atoms with Crippen LogP contribution in [0.2, 0.25) is 0 Å². The van der Waals surface area contributed by atoms with Crippen LogP contribution in [0.15, 0.2) is 54.6 Å². The van der Waals surface area contributed by atoms with Crippen LogP contribution in [0.1, 0.15) is 29.7 Å². The van der Waals surface area contributed by atoms with Crippen molar-refractivity contribution in [3.05, 3.63) is 71.3 Å². The zero-order chi connectivity index (χ0) is 18.6. The number of alkyl halides is 3. The lowest BCUT2D eigenvalue weighted by Crippen LogP contribution is -2.37. The molecule has 0 radical (unpaired) electrons. The lowest BCUT2D eigenvalue weighted by atomic mass is 10.0. The number of hydrogen-bond donors (Lipinski definition) is 1. The standard InChI is InChI=1S/C18H16F3NO3/c1-12(23)22(11-13-5-3-2-4-6-13)16(17(24)25)14-7-9-15(10-8-14)18(19,20)21/h2-10,16H,11H2,1H3,(H,24,25). The largest absolute Gasteiger partial charge is 0.479 e. The number of aliphatic carboxylic acids is 1. The van der Waals surface area contributed by atoms with Crippen LogP contribution in [0.5, 0.6) is 0 Å². The smallest absolute Gasteiger partial charge is 0.416 e. The minimum absolute atomic E-state index is 0.0359. The van der Waals surface area contributed by atoms with Gasteiger partial charge in [0.05, 0.1) is 5.56 Å². The molecule has 0 aliphatic heterocycles. The van der Waals surface area contributed by atoms with Gasteiger partial charge in [-0.3, -0.25) is 4.79 Å². The molecule has 7 heteroatoms. The Hall–Kier alpha value is -2.83. The normalized spacial score (nSPS) is 12.5. The van der Waals surface area contributed by atoms with Gasteiger partial charge in [0, 0.05) is 13.5 Å². The van der Waals surface area contributed by atoms with Crippen molar-refractivity contribution in [2.24, 2.45) is 0 Å². The lowest BCUT2D eigenvalue weighted by Gasteiger charge is -2.28. The molecule has 132 valence electrons. The van der Waals surface area contributed by atoms with Crippen molar-refractivity contribution in [2.45, 2.75) is 25.7 Å². The average molecular weight is 351 g/mol. The molecule has 1 atom stereocenters. The van der Waals surface area contributed by atoms with E-state index in [1.165, 1.54) is 6.92 Å². The number of benzene rings is 2. The molecule has 0 aromatic heterocycles. The van der Waals surface area contributed by atoms with E-state index in [2.05, 4.69) is 0 Å². The molecule has 0 fully saturated rings. The van der Waals surface area contributed by atoms with Gasteiger partial charge in [-0.1, -0.05) is 42.5 Å². The Balaban J connectivity index is 2.37. The SMILES string of the molecule is CC(=O)N(Cc1ccccc1)C(C(=O)O)c1ccc(C(F)(F)F)cc1. The van der Waals surface area contributed by atoms with Gasteiger partial charge in [-0.2, -0.15) is 13.2 Å². The van der Waals surface area contributed by atoms with Crippen LogP contribution in [-0.4, -0.2) is 21.9 Å². The Morgan fingerprint density at radius 1 is 1.04 bits per heavy atom. The van der Waals surface area contributed by atoms with E-state index in [1.54, 1.807) is 30.3 Å². The summed E-state index contributed by atoms with van der Waals surface area (Å²) in [6.07, 6.45) is -4.51. The molecule has 25 heavy (non-hydrogen) atoms. The fourth-order valence-corrected chi connectivity index (χ4v) is 2.47. The Bertz CT molecular complexity index is 742. The van der Waals surface area contributed by atoms with Gasteiger partial charge in [-0.25, -0.2) is 4.79 Å². The molecule has 0 bridgehead atoms. The molecule has 0 aliphatic rings. The van der Waals surface area contributed by atoms with Gasteiger partial charge in [0.1, 0.15) is 0 Å². The Morgan fingerprint density at radius 2 is 1.60 bits per heavy atom. The van der Waals surface area contributed by atoms with E-state index in [4.69, 9.17) is 0 Å². The highest BCUT2D eigenvalue weighted by Crippen LogP contribution is 2.31. The first kappa shape index (κ1) is 18.5. The van der Waals surface area contributed by atoms with Gasteiger partial charge in [-0.05, 0) is 23.3 Å². The number of nitrogens with zero attached hydrogens (tertiary/aromatic N) is 1. The van der Waals surface area contributed by atoms with Crippen LogP contribution in [0.3, 0.4) is 0 Å². The van der Waals surface area contributed by atoms with Crippen LogP contribution >= 0.6 is 0 Å². The molecule has 1 amide bonds. The summed E-state index contributed by atoms with van der Waals surface area (Å²) in [5.74, 6) is -1.80. The Labute approximate surface area is 142 Å². The minimum atomic E-state index is -4.51. The molecule has 1 N–H and O–H groups in total. The average Bonchev–Trinajstić information content (AvgIpc) is 2.54. The van der Waals surface area contributed by atoms with Gasteiger partial charge >= 0.3 is 12.1 Å². The van der Waals surface area contributed by atoms with Crippen LogP contribution < -0.4 is 0 Å². The molecule has 2 rings (SSSR count). The fraction of sp³-hybridized carbons (Fsp3) is 0.222. The zero-order valence-corrected chi connectivity index (χ0v) is 13.3. The molecule has 0 saturated heterocycles. The first-order chi connectivity index (χ1) is 11.7. The van der Waals surface area contributed by atoms with Crippen molar-refractivity contribution in [1.82, 2.24) is 4.90 Å². The van der Waals surface area contributed by atoms with Crippen molar-refractivity contribution in [3.8, 4) is 0 Å². The third-order valence-electron chi connectivity index (χ3n) is 3.70. The summed E-state index contributed by atoms with van der Waals surface area (Å²) in [4.78, 5) is 24.8. The van der Waals surface area contributed by atoms with E-state index in [9.17, 15) is 27.9 Å². The molecule has 0 saturated carbocycles. The van der Waals surface area contributed by atoms with E-state index in [0.717, 1.165) is 34.7 Å². The van der Waals surface area contributed by atoms with Gasteiger partial charge < -0.3 is 10.0 Å². The van der Waals surface area contributed by atoms with Crippen LogP contribution in [0, 0.1) is 0 Å². The number of carboxylic acid groups (broad SMARTS) is 1. The van der Waals surface area contributed by atoms with Crippen LogP contribution in [0.25, 0.3) is 0 Å². The molecular formula is C18H16F3NO3. The van der Waals surface area contributed by atoms with Crippen molar-refractivity contribution in [1.29, 1.82) is 0 Å². The van der Waals surface area contributed by atoms with Gasteiger partial charge in [-0.15, -0.1) is 0 Å². The maximum absolute atomic E-state index is 12.7. The summed E-state index contributed by atoms with van der Waals surface area (Å²) in [5.41, 5.74) is -0.0553. The third kappa shape index (κ3) is 4.59. The number of halogens is 3. The zero-order valence-electron chi connectivity index (χ0n) is 13.3. The number of rotatable bonds is 5. The summed E-state index contributed by atoms with van der Waals surface area (Å²) in [7, 11) is 0. The minimum Gasteiger partial charge on any atom is -0.479 e. The molecule has 4 nitrogen and oxygen atoms in total. The summed E-state index contributed by atoms with van der Waals surface area (Å²) < 4.78 is 38.0. The summed E-state index contributed by atoms with van der Waals surface area (Å²) >= 11 is 0. The number of hydrogen-bond acceptors (Lipinski definition) is 2. The highest BCUT2D eigenvalue weighted by atomic mass is 19.4. The van der Waals surface area contributed by atoms with E-state index >= 15 is 0 Å². The topological polar surface area (TPSA) is 57.6 Å². The van der Waals surface area contributed by atoms with Gasteiger partial charge in [0.2, 0.25) is 5.91 Å². The highest BCUT2D eigenvalue weighted by Gasteiger charge is 2.33. The van der Waals surface area contributed by atoms with Gasteiger partial charge in [0.15, 0.2) is 6.04 Å². The maximum Gasteiger partial charge on any atom is 0.416 e. The van der Waals surface area contributed by atoms with Crippen LogP contribution in [-0.2, 0) is 22.3 Å². The van der Waals surface area contributed by atoms with Crippen LogP contribution in [0.4, 0.5) is 13.2 Å². The molecular weight excluding hydrogens is 335 g/mol. The number of carbonyl (C=O) groups excluding carboxylic acids is 1. The molecule has 2 aromatic carbocycles. The van der Waals surface area contributed by atoms with Crippen molar-refractivity contribution in [3.63, 3.8) is 0 Å². The van der Waals surface area contributed by atoms with Crippen molar-refractivity contribution < 1.29 is 27.9 Å². The van der Waals surface area contributed by atoms with E-state index < -0.39 is 29.7 Å². The van der Waals surface area contributed by atoms with Crippen molar-refractivity contribution >= 4 is 11.9 Å². The molecule has 0 heterocycles. The Kier molecular flexibility index (Phi) is 5.46. The number of amides is 1. The summed E-state index contributed by atoms with van der Waals surface area (Å²) in [6, 6.07) is 11.2. The number of carboxylic acids is 1. The monoisotopic (exact) mass is 351 g/mol. The molecule has 1 unspecified atom stereocenters. The first-order valence-corrected chi connectivity index (χ1v) is 7.41. The van der Waals surface area contributed by atoms with E-state index in [-0.39, 0.29) is 12.1 Å². The lowest BCUT2D eigenvalue weighted by molar-refractivity contribution is -0.150. The molecule has 2 aromatic rings. The quantitative estimate of drug-likeness (QED) is 0.889. The predicted molar refractivity (Wildman–Crippen MR) is 84.5 cm³/mol. The summed E-state index contributed by atoms with van der Waals surface area (Å²) in [6.45, 7) is 1.26. The van der Waals surface area contributed by atoms with E-state index in [0.29, 0.717) is 0 Å². The predicted octanol–water partition coefficient (Wildman–Crippen LogP) is 3.88. The second kappa shape index (κ2) is 7.38. The second-order valence-electron chi connectivity index (χ2n) is 5.49. The molecule has 0 spiro atoms. The van der Waals surface area contributed by atoms with E-state index in [1.807, 2.05) is 0 Å². The first-order valence-electron chi connectivity index (χ1n) is 7.41. The Morgan fingerprint density at radius 3 is 2.04 bits per heavy atom. The summed E-state index contributed by atoms with van der Waals surface area (Å²) in [5, 5.41) is 9.54. The fourth-order valence-electron chi connectivity index (χ4n) is 2.47. The third-order valence-corrected chi connectivity index (χ3v) is 3.70. The molecule has 0 aliphatic carbocycles. The van der Waals surface area contributed by atoms with Crippen molar-refractivity contribution in [2.75, 3.05) is 0 Å².